The van der Waals surface area contributed by atoms with Crippen LogP contribution in [0.25, 0.3) is 0 Å². The van der Waals surface area contributed by atoms with Gasteiger partial charge in [0.25, 0.3) is 0 Å². The van der Waals surface area contributed by atoms with E-state index in [2.05, 4.69) is 10.6 Å². The average molecular weight is 331 g/mol. The highest BCUT2D eigenvalue weighted by Crippen LogP contribution is 2.38. The summed E-state index contributed by atoms with van der Waals surface area (Å²) >= 11 is 0. The van der Waals surface area contributed by atoms with Gasteiger partial charge < -0.3 is 24.8 Å². The van der Waals surface area contributed by atoms with Crippen LogP contribution in [0.2, 0.25) is 0 Å². The van der Waals surface area contributed by atoms with Gasteiger partial charge in [-0.2, -0.15) is 0 Å². The van der Waals surface area contributed by atoms with Gasteiger partial charge in [-0.15, -0.1) is 12.4 Å². The number of nitrogens with one attached hydrogen (secondary N) is 2. The molecule has 1 unspecified atom stereocenters. The number of carbonyl (C=O) groups is 1. The summed E-state index contributed by atoms with van der Waals surface area (Å²) in [5.41, 5.74) is 0.899. The minimum atomic E-state index is -0.0768. The molecule has 1 heterocycles. The van der Waals surface area contributed by atoms with E-state index in [1.54, 1.807) is 21.3 Å². The Morgan fingerprint density at radius 3 is 2.32 bits per heavy atom. The molecule has 1 saturated heterocycles. The summed E-state index contributed by atoms with van der Waals surface area (Å²) < 4.78 is 15.9. The molecule has 124 valence electrons. The number of halogens is 1. The Hall–Kier alpha value is -1.66. The summed E-state index contributed by atoms with van der Waals surface area (Å²) in [7, 11) is 4.71. The van der Waals surface area contributed by atoms with Crippen LogP contribution >= 0.6 is 12.4 Å². The average Bonchev–Trinajstić information content (AvgIpc) is 3.05. The van der Waals surface area contributed by atoms with E-state index in [4.69, 9.17) is 14.2 Å². The maximum Gasteiger partial charge on any atom is 0.237 e. The van der Waals surface area contributed by atoms with Crippen LogP contribution in [0.4, 0.5) is 0 Å². The zero-order valence-corrected chi connectivity index (χ0v) is 13.9. The molecule has 1 aliphatic rings. The van der Waals surface area contributed by atoms with E-state index in [9.17, 15) is 4.79 Å². The van der Waals surface area contributed by atoms with Crippen LogP contribution in [0, 0.1) is 0 Å². The fourth-order valence-electron chi connectivity index (χ4n) is 2.46. The number of benzene rings is 1. The van der Waals surface area contributed by atoms with E-state index in [0.717, 1.165) is 24.9 Å². The topological polar surface area (TPSA) is 68.8 Å². The largest absolute Gasteiger partial charge is 0.493 e. The van der Waals surface area contributed by atoms with E-state index in [0.29, 0.717) is 23.8 Å². The molecule has 7 heteroatoms. The van der Waals surface area contributed by atoms with Gasteiger partial charge in [-0.05, 0) is 37.1 Å². The van der Waals surface area contributed by atoms with Crippen molar-refractivity contribution in [2.75, 3.05) is 27.9 Å². The molecule has 2 N–H and O–H groups in total. The lowest BCUT2D eigenvalue weighted by Gasteiger charge is -2.15. The van der Waals surface area contributed by atoms with Crippen LogP contribution in [0.5, 0.6) is 17.2 Å². The van der Waals surface area contributed by atoms with Crippen molar-refractivity contribution >= 4 is 18.3 Å². The van der Waals surface area contributed by atoms with Crippen molar-refractivity contribution in [3.05, 3.63) is 17.7 Å². The first-order valence-corrected chi connectivity index (χ1v) is 6.99. The Bertz CT molecular complexity index is 479. The van der Waals surface area contributed by atoms with Crippen LogP contribution in [0.3, 0.4) is 0 Å². The van der Waals surface area contributed by atoms with E-state index < -0.39 is 0 Å². The van der Waals surface area contributed by atoms with Crippen molar-refractivity contribution in [1.82, 2.24) is 10.6 Å². The number of ether oxygens (including phenoxy) is 3. The number of methoxy groups -OCH3 is 3. The lowest BCUT2D eigenvalue weighted by molar-refractivity contribution is -0.122. The normalized spacial score (nSPS) is 16.6. The molecule has 1 fully saturated rings. The fraction of sp³-hybridized carbons (Fsp3) is 0.533. The van der Waals surface area contributed by atoms with Gasteiger partial charge >= 0.3 is 0 Å². The predicted molar refractivity (Wildman–Crippen MR) is 86.2 cm³/mol. The van der Waals surface area contributed by atoms with Crippen LogP contribution in [0.1, 0.15) is 18.4 Å². The number of rotatable bonds is 6. The van der Waals surface area contributed by atoms with Crippen molar-refractivity contribution in [1.29, 1.82) is 0 Å². The lowest BCUT2D eigenvalue weighted by Crippen LogP contribution is -2.40. The van der Waals surface area contributed by atoms with E-state index in [1.165, 1.54) is 0 Å². The van der Waals surface area contributed by atoms with Gasteiger partial charge in [0.05, 0.1) is 27.4 Å². The molecule has 1 aliphatic heterocycles. The third kappa shape index (κ3) is 4.18. The van der Waals surface area contributed by atoms with Crippen LogP contribution in [-0.2, 0) is 11.3 Å². The molecule has 1 atom stereocenters. The predicted octanol–water partition coefficient (Wildman–Crippen LogP) is 1.50. The van der Waals surface area contributed by atoms with Gasteiger partial charge in [0, 0.05) is 6.54 Å². The molecule has 2 rings (SSSR count). The summed E-state index contributed by atoms with van der Waals surface area (Å²) in [5.74, 6) is 1.74. The molecule has 0 bridgehead atoms. The van der Waals surface area contributed by atoms with Gasteiger partial charge in [0.15, 0.2) is 11.5 Å². The first kappa shape index (κ1) is 18.4. The molecule has 0 saturated carbocycles. The van der Waals surface area contributed by atoms with Crippen molar-refractivity contribution in [2.24, 2.45) is 0 Å². The van der Waals surface area contributed by atoms with E-state index in [-0.39, 0.29) is 24.4 Å². The molecular formula is C15H23ClN2O4. The maximum absolute atomic E-state index is 12.0. The highest BCUT2D eigenvalue weighted by atomic mass is 35.5. The minimum absolute atomic E-state index is 0. The van der Waals surface area contributed by atoms with E-state index >= 15 is 0 Å². The van der Waals surface area contributed by atoms with Gasteiger partial charge in [-0.3, -0.25) is 4.79 Å². The summed E-state index contributed by atoms with van der Waals surface area (Å²) in [6.45, 7) is 1.33. The molecule has 22 heavy (non-hydrogen) atoms. The Morgan fingerprint density at radius 2 is 1.86 bits per heavy atom. The van der Waals surface area contributed by atoms with Crippen LogP contribution < -0.4 is 24.8 Å². The molecule has 0 aliphatic carbocycles. The second-order valence-corrected chi connectivity index (χ2v) is 4.90. The first-order chi connectivity index (χ1) is 10.2. The molecule has 6 nitrogen and oxygen atoms in total. The molecule has 0 radical (unpaired) electrons. The number of carbonyl (C=O) groups excluding carboxylic acids is 1. The highest BCUT2D eigenvalue weighted by molar-refractivity contribution is 5.85. The molecule has 0 spiro atoms. The van der Waals surface area contributed by atoms with Crippen molar-refractivity contribution < 1.29 is 19.0 Å². The first-order valence-electron chi connectivity index (χ1n) is 6.99. The second kappa shape index (κ2) is 8.70. The van der Waals surface area contributed by atoms with Crippen molar-refractivity contribution in [2.45, 2.75) is 25.4 Å². The SMILES string of the molecule is COc1cc(CNC(=O)C2CCCN2)cc(OC)c1OC.Cl. The monoisotopic (exact) mass is 330 g/mol. The molecule has 1 amide bonds. The Labute approximate surface area is 136 Å². The third-order valence-electron chi connectivity index (χ3n) is 3.57. The van der Waals surface area contributed by atoms with Gasteiger partial charge in [0.2, 0.25) is 11.7 Å². The molecular weight excluding hydrogens is 308 g/mol. The van der Waals surface area contributed by atoms with E-state index in [1.807, 2.05) is 12.1 Å². The zero-order chi connectivity index (χ0) is 15.2. The van der Waals surface area contributed by atoms with Crippen molar-refractivity contribution in [3.8, 4) is 17.2 Å². The third-order valence-corrected chi connectivity index (χ3v) is 3.57. The smallest absolute Gasteiger partial charge is 0.237 e. The molecule has 1 aromatic rings. The summed E-state index contributed by atoms with van der Waals surface area (Å²) in [6, 6.07) is 3.60. The van der Waals surface area contributed by atoms with Crippen LogP contribution in [0.15, 0.2) is 12.1 Å². The Kier molecular flexibility index (Phi) is 7.27. The number of hydrogen-bond donors (Lipinski definition) is 2. The minimum Gasteiger partial charge on any atom is -0.493 e. The van der Waals surface area contributed by atoms with Gasteiger partial charge in [-0.25, -0.2) is 0 Å². The van der Waals surface area contributed by atoms with Crippen LogP contribution in [-0.4, -0.2) is 39.8 Å². The van der Waals surface area contributed by atoms with Crippen molar-refractivity contribution in [3.63, 3.8) is 0 Å². The standard InChI is InChI=1S/C15H22N2O4.ClH/c1-19-12-7-10(8-13(20-2)14(12)21-3)9-17-15(18)11-5-4-6-16-11;/h7-8,11,16H,4-6,9H2,1-3H3,(H,17,18);1H. The molecule has 1 aromatic carbocycles. The Balaban J connectivity index is 0.00000242. The second-order valence-electron chi connectivity index (χ2n) is 4.90. The lowest BCUT2D eigenvalue weighted by atomic mass is 10.1. The summed E-state index contributed by atoms with van der Waals surface area (Å²) in [4.78, 5) is 12.0. The zero-order valence-electron chi connectivity index (χ0n) is 13.1. The fourth-order valence-corrected chi connectivity index (χ4v) is 2.46. The quantitative estimate of drug-likeness (QED) is 0.827. The number of hydrogen-bond acceptors (Lipinski definition) is 5. The molecule has 0 aromatic heterocycles. The van der Waals surface area contributed by atoms with Gasteiger partial charge in [0.1, 0.15) is 0 Å². The highest BCUT2D eigenvalue weighted by Gasteiger charge is 2.21. The summed E-state index contributed by atoms with van der Waals surface area (Å²) in [6.07, 6.45) is 1.93. The Morgan fingerprint density at radius 1 is 1.23 bits per heavy atom. The summed E-state index contributed by atoms with van der Waals surface area (Å²) in [5, 5.41) is 6.10. The van der Waals surface area contributed by atoms with Gasteiger partial charge in [-0.1, -0.05) is 0 Å². The number of amides is 1. The maximum atomic E-state index is 12.0.